The van der Waals surface area contributed by atoms with E-state index in [4.69, 9.17) is 0 Å². The lowest BCUT2D eigenvalue weighted by molar-refractivity contribution is 0.660. The summed E-state index contributed by atoms with van der Waals surface area (Å²) in [5, 5.41) is 0. The number of fused-ring (bicyclic) bond motifs is 3. The third-order valence-corrected chi connectivity index (χ3v) is 11.9. The second-order valence-electron chi connectivity index (χ2n) is 15.7. The molecule has 58 heavy (non-hydrogen) atoms. The summed E-state index contributed by atoms with van der Waals surface area (Å²) in [5.41, 5.74) is 20.4. The Bertz CT molecular complexity index is 2810. The van der Waals surface area contributed by atoms with Gasteiger partial charge in [-0.15, -0.1) is 0 Å². The van der Waals surface area contributed by atoms with Gasteiger partial charge in [-0.25, -0.2) is 0 Å². The Kier molecular flexibility index (Phi) is 8.92. The predicted molar refractivity (Wildman–Crippen MR) is 246 cm³/mol. The second kappa shape index (κ2) is 14.7. The van der Waals surface area contributed by atoms with Crippen molar-refractivity contribution in [1.82, 2.24) is 0 Å². The maximum Gasteiger partial charge on any atom is 0.0618 e. The van der Waals surface area contributed by atoms with E-state index in [0.717, 1.165) is 17.1 Å². The zero-order chi connectivity index (χ0) is 39.1. The largest absolute Gasteiger partial charge is 0.309 e. The average Bonchev–Trinajstić information content (AvgIpc) is 3.53. The first-order valence-electron chi connectivity index (χ1n) is 20.2. The molecule has 0 fully saturated rings. The Balaban J connectivity index is 1.22. The smallest absolute Gasteiger partial charge is 0.0618 e. The highest BCUT2D eigenvalue weighted by Gasteiger charge is 2.36. The highest BCUT2D eigenvalue weighted by atomic mass is 15.1. The van der Waals surface area contributed by atoms with Gasteiger partial charge in [0.2, 0.25) is 0 Å². The fourth-order valence-corrected chi connectivity index (χ4v) is 8.90. The van der Waals surface area contributed by atoms with Crippen molar-refractivity contribution < 1.29 is 0 Å². The summed E-state index contributed by atoms with van der Waals surface area (Å²) in [6, 6.07) is 81.9. The molecule has 1 nitrogen and oxygen atoms in total. The van der Waals surface area contributed by atoms with Gasteiger partial charge in [-0.3, -0.25) is 0 Å². The van der Waals surface area contributed by atoms with E-state index >= 15 is 0 Å². The van der Waals surface area contributed by atoms with E-state index in [9.17, 15) is 0 Å². The Hall–Kier alpha value is -7.22. The molecule has 9 aromatic carbocycles. The summed E-state index contributed by atoms with van der Waals surface area (Å²) in [5.74, 6) is 0. The van der Waals surface area contributed by atoms with Gasteiger partial charge in [0.1, 0.15) is 0 Å². The number of rotatable bonds is 8. The van der Waals surface area contributed by atoms with Crippen LogP contribution in [0.4, 0.5) is 17.1 Å². The van der Waals surface area contributed by atoms with Gasteiger partial charge in [0.05, 0.1) is 5.69 Å². The molecule has 1 aliphatic rings. The molecule has 0 saturated heterocycles. The summed E-state index contributed by atoms with van der Waals surface area (Å²) in [4.78, 5) is 2.50. The standard InChI is InChI=1S/C57H43N/c1-57(2)54-29-16-15-28-50(54)51-35-34-49(39-55(51)57)58(48-32-30-42(31-33-48)46-27-17-26-45(36-46)40-18-7-3-8-19-40)56-52(43-22-11-5-12-23-43)37-47(41-20-9-4-10-21-41)38-53(56)44-24-13-6-14-25-44/h3-39H,1-2H3. The number of hydrogen-bond acceptors (Lipinski definition) is 1. The van der Waals surface area contributed by atoms with Crippen LogP contribution >= 0.6 is 0 Å². The van der Waals surface area contributed by atoms with Crippen LogP contribution in [0.25, 0.3) is 66.8 Å². The Morgan fingerprint density at radius 2 is 0.707 bits per heavy atom. The first kappa shape index (κ1) is 35.2. The van der Waals surface area contributed by atoms with Crippen molar-refractivity contribution in [3.63, 3.8) is 0 Å². The molecular weight excluding hydrogens is 699 g/mol. The van der Waals surface area contributed by atoms with Crippen LogP contribution in [0.3, 0.4) is 0 Å². The molecule has 0 aromatic heterocycles. The molecule has 0 radical (unpaired) electrons. The summed E-state index contributed by atoms with van der Waals surface area (Å²) in [6.07, 6.45) is 0. The molecule has 0 bridgehead atoms. The molecule has 276 valence electrons. The van der Waals surface area contributed by atoms with Gasteiger partial charge in [-0.05, 0) is 109 Å². The van der Waals surface area contributed by atoms with Crippen molar-refractivity contribution in [3.8, 4) is 66.8 Å². The minimum absolute atomic E-state index is 0.150. The molecule has 9 aromatic rings. The topological polar surface area (TPSA) is 3.24 Å². The fourth-order valence-electron chi connectivity index (χ4n) is 8.90. The van der Waals surface area contributed by atoms with E-state index in [-0.39, 0.29) is 5.41 Å². The zero-order valence-electron chi connectivity index (χ0n) is 32.8. The van der Waals surface area contributed by atoms with Gasteiger partial charge >= 0.3 is 0 Å². The molecule has 0 aliphatic heterocycles. The Labute approximate surface area is 342 Å². The fraction of sp³-hybridized carbons (Fsp3) is 0.0526. The van der Waals surface area contributed by atoms with E-state index in [0.29, 0.717) is 0 Å². The van der Waals surface area contributed by atoms with Crippen LogP contribution in [0.5, 0.6) is 0 Å². The predicted octanol–water partition coefficient (Wildman–Crippen LogP) is 15.8. The van der Waals surface area contributed by atoms with Crippen molar-refractivity contribution in [2.24, 2.45) is 0 Å². The molecule has 1 aliphatic carbocycles. The van der Waals surface area contributed by atoms with Crippen LogP contribution in [0, 0.1) is 0 Å². The van der Waals surface area contributed by atoms with Gasteiger partial charge in [0.25, 0.3) is 0 Å². The molecule has 0 N–H and O–H groups in total. The highest BCUT2D eigenvalue weighted by molar-refractivity contribution is 6.01. The number of anilines is 3. The molecule has 0 spiro atoms. The van der Waals surface area contributed by atoms with Crippen LogP contribution in [-0.2, 0) is 5.41 Å². The lowest BCUT2D eigenvalue weighted by atomic mass is 9.82. The minimum Gasteiger partial charge on any atom is -0.309 e. The summed E-state index contributed by atoms with van der Waals surface area (Å²) < 4.78 is 0. The summed E-state index contributed by atoms with van der Waals surface area (Å²) in [7, 11) is 0. The molecule has 0 heterocycles. The van der Waals surface area contributed by atoms with E-state index < -0.39 is 0 Å². The molecule has 1 heteroatoms. The van der Waals surface area contributed by atoms with E-state index in [1.165, 1.54) is 77.9 Å². The van der Waals surface area contributed by atoms with Crippen molar-refractivity contribution >= 4 is 17.1 Å². The third-order valence-electron chi connectivity index (χ3n) is 11.9. The van der Waals surface area contributed by atoms with Crippen molar-refractivity contribution in [2.45, 2.75) is 19.3 Å². The third kappa shape index (κ3) is 6.32. The van der Waals surface area contributed by atoms with E-state index in [1.807, 2.05) is 0 Å². The maximum absolute atomic E-state index is 2.50. The van der Waals surface area contributed by atoms with Gasteiger partial charge in [0, 0.05) is 27.9 Å². The number of benzene rings is 9. The molecular formula is C57H43N. The number of nitrogens with zero attached hydrogens (tertiary/aromatic N) is 1. The lowest BCUT2D eigenvalue weighted by Crippen LogP contribution is -2.17. The Morgan fingerprint density at radius 3 is 1.28 bits per heavy atom. The van der Waals surface area contributed by atoms with Crippen molar-refractivity contribution in [1.29, 1.82) is 0 Å². The van der Waals surface area contributed by atoms with Crippen LogP contribution in [0.1, 0.15) is 25.0 Å². The molecule has 0 atom stereocenters. The SMILES string of the molecule is CC1(C)c2ccccc2-c2ccc(N(c3ccc(-c4cccc(-c5ccccc5)c4)cc3)c3c(-c4ccccc4)cc(-c4ccccc4)cc3-c3ccccc3)cc21. The van der Waals surface area contributed by atoms with Crippen LogP contribution in [0.2, 0.25) is 0 Å². The summed E-state index contributed by atoms with van der Waals surface area (Å²) >= 11 is 0. The van der Waals surface area contributed by atoms with Gasteiger partial charge in [0.15, 0.2) is 0 Å². The molecule has 0 unspecified atom stereocenters. The van der Waals surface area contributed by atoms with Gasteiger partial charge in [-0.1, -0.05) is 196 Å². The van der Waals surface area contributed by atoms with Gasteiger partial charge in [-0.2, -0.15) is 0 Å². The normalized spacial score (nSPS) is 12.4. The van der Waals surface area contributed by atoms with Crippen molar-refractivity contribution in [3.05, 3.63) is 236 Å². The van der Waals surface area contributed by atoms with Crippen LogP contribution in [0.15, 0.2) is 224 Å². The first-order chi connectivity index (χ1) is 28.5. The minimum atomic E-state index is -0.150. The van der Waals surface area contributed by atoms with Crippen LogP contribution in [-0.4, -0.2) is 0 Å². The lowest BCUT2D eigenvalue weighted by Gasteiger charge is -2.32. The molecule has 0 saturated carbocycles. The number of hydrogen-bond donors (Lipinski definition) is 0. The first-order valence-corrected chi connectivity index (χ1v) is 20.2. The molecule has 0 amide bonds. The van der Waals surface area contributed by atoms with E-state index in [2.05, 4.69) is 243 Å². The van der Waals surface area contributed by atoms with Crippen LogP contribution < -0.4 is 4.90 Å². The average molecular weight is 742 g/mol. The maximum atomic E-state index is 2.50. The van der Waals surface area contributed by atoms with Crippen molar-refractivity contribution in [2.75, 3.05) is 4.90 Å². The second-order valence-corrected chi connectivity index (χ2v) is 15.7. The van der Waals surface area contributed by atoms with E-state index in [1.54, 1.807) is 0 Å². The quantitative estimate of drug-likeness (QED) is 0.150. The summed E-state index contributed by atoms with van der Waals surface area (Å²) in [6.45, 7) is 4.73. The highest BCUT2D eigenvalue weighted by Crippen LogP contribution is 2.53. The molecule has 10 rings (SSSR count). The monoisotopic (exact) mass is 741 g/mol. The zero-order valence-corrected chi connectivity index (χ0v) is 32.8. The van der Waals surface area contributed by atoms with Gasteiger partial charge < -0.3 is 4.90 Å². The Morgan fingerprint density at radius 1 is 0.276 bits per heavy atom.